The number of hydrogen-bond donors (Lipinski definition) is 5. The summed E-state index contributed by atoms with van der Waals surface area (Å²) < 4.78 is 0. The van der Waals surface area contributed by atoms with Gasteiger partial charge < -0.3 is 25.5 Å². The van der Waals surface area contributed by atoms with E-state index in [9.17, 15) is 25.5 Å². The fraction of sp³-hybridized carbons (Fsp3) is 1.00. The Morgan fingerprint density at radius 1 is 0.452 bits per heavy atom. The minimum absolute atomic E-state index is 0.338. The van der Waals surface area contributed by atoms with Gasteiger partial charge in [0.1, 0.15) is 0 Å². The summed E-state index contributed by atoms with van der Waals surface area (Å²) in [7, 11) is 0. The summed E-state index contributed by atoms with van der Waals surface area (Å²) in [6.07, 6.45) is 3.82. The van der Waals surface area contributed by atoms with Crippen LogP contribution < -0.4 is 0 Å². The summed E-state index contributed by atoms with van der Waals surface area (Å²) >= 11 is 0. The van der Waals surface area contributed by atoms with Gasteiger partial charge in [-0.1, -0.05) is 47.5 Å². The number of rotatable bonds is 26. The van der Waals surface area contributed by atoms with E-state index in [1.54, 1.807) is 0 Å². The van der Waals surface area contributed by atoms with Crippen molar-refractivity contribution < 1.29 is 25.5 Å². The molecule has 1 saturated heterocycles. The van der Waals surface area contributed by atoms with Crippen LogP contribution in [0.1, 0.15) is 79.6 Å². The second-order valence-corrected chi connectivity index (χ2v) is 12.6. The van der Waals surface area contributed by atoms with Gasteiger partial charge in [-0.15, -0.1) is 0 Å². The van der Waals surface area contributed by atoms with Crippen LogP contribution in [0.3, 0.4) is 0 Å². The Morgan fingerprint density at radius 2 is 0.762 bits per heavy atom. The molecule has 0 bridgehead atoms. The quantitative estimate of drug-likeness (QED) is 0.0986. The molecule has 1 heterocycles. The monoisotopic (exact) mass is 604 g/mol. The van der Waals surface area contributed by atoms with Gasteiger partial charge in [-0.3, -0.25) is 24.5 Å². The lowest BCUT2D eigenvalue weighted by Crippen LogP contribution is -2.51. The normalized spacial score (nSPS) is 19.1. The van der Waals surface area contributed by atoms with Crippen molar-refractivity contribution >= 4 is 0 Å². The van der Waals surface area contributed by atoms with E-state index >= 15 is 0 Å². The third kappa shape index (κ3) is 18.4. The molecule has 0 amide bonds. The minimum Gasteiger partial charge on any atom is -0.392 e. The van der Waals surface area contributed by atoms with Crippen LogP contribution in [0.25, 0.3) is 0 Å². The molecule has 1 aliphatic rings. The standard InChI is InChI=1S/C32H69N5O5/c1-6-11-31(41)26-35(20-22-36(23-28(38)8-3)24-29(39)9-4)19-17-33-13-15-34(16-14-33)18-21-37(25-30(40)10-5)27-32(42)12-7-2/h28-32,38-42H,6-27H2,1-5H3. The van der Waals surface area contributed by atoms with Gasteiger partial charge in [-0.2, -0.15) is 0 Å². The number of piperazine rings is 1. The predicted molar refractivity (Wildman–Crippen MR) is 173 cm³/mol. The lowest BCUT2D eigenvalue weighted by atomic mass is 10.1. The number of aliphatic hydroxyl groups is 5. The Labute approximate surface area is 258 Å². The first-order chi connectivity index (χ1) is 20.1. The van der Waals surface area contributed by atoms with Crippen LogP contribution in [-0.4, -0.2) is 179 Å². The van der Waals surface area contributed by atoms with Crippen molar-refractivity contribution in [2.75, 3.05) is 98.2 Å². The first-order valence-corrected chi connectivity index (χ1v) is 17.2. The van der Waals surface area contributed by atoms with E-state index in [1.165, 1.54) is 0 Å². The van der Waals surface area contributed by atoms with Crippen molar-refractivity contribution in [3.8, 4) is 0 Å². The Hall–Kier alpha value is -0.400. The Morgan fingerprint density at radius 3 is 1.14 bits per heavy atom. The zero-order chi connectivity index (χ0) is 31.3. The first-order valence-electron chi connectivity index (χ1n) is 17.2. The van der Waals surface area contributed by atoms with Crippen LogP contribution in [-0.2, 0) is 0 Å². The highest BCUT2D eigenvalue weighted by molar-refractivity contribution is 4.77. The maximum atomic E-state index is 10.6. The minimum atomic E-state index is -0.394. The molecule has 1 rings (SSSR count). The molecule has 0 radical (unpaired) electrons. The molecule has 10 heteroatoms. The molecule has 5 atom stereocenters. The van der Waals surface area contributed by atoms with Crippen molar-refractivity contribution in [1.29, 1.82) is 0 Å². The summed E-state index contributed by atoms with van der Waals surface area (Å²) in [4.78, 5) is 11.8. The molecular weight excluding hydrogens is 534 g/mol. The van der Waals surface area contributed by atoms with Crippen LogP contribution in [0.5, 0.6) is 0 Å². The number of hydrogen-bond acceptors (Lipinski definition) is 10. The molecule has 0 aromatic rings. The van der Waals surface area contributed by atoms with Crippen LogP contribution >= 0.6 is 0 Å². The highest BCUT2D eigenvalue weighted by atomic mass is 16.3. The van der Waals surface area contributed by atoms with Crippen LogP contribution in [0.4, 0.5) is 0 Å². The zero-order valence-electron chi connectivity index (χ0n) is 27.9. The lowest BCUT2D eigenvalue weighted by Gasteiger charge is -2.37. The molecular formula is C32H69N5O5. The van der Waals surface area contributed by atoms with E-state index < -0.39 is 12.2 Å². The topological polar surface area (TPSA) is 117 Å². The van der Waals surface area contributed by atoms with Gasteiger partial charge in [0.2, 0.25) is 0 Å². The van der Waals surface area contributed by atoms with Gasteiger partial charge in [0.15, 0.2) is 0 Å². The molecule has 0 aliphatic carbocycles. The number of aliphatic hydroxyl groups excluding tert-OH is 5. The van der Waals surface area contributed by atoms with Gasteiger partial charge in [-0.05, 0) is 32.1 Å². The molecule has 10 nitrogen and oxygen atoms in total. The first kappa shape index (κ1) is 39.6. The molecule has 1 fully saturated rings. The van der Waals surface area contributed by atoms with Gasteiger partial charge in [0.05, 0.1) is 30.5 Å². The van der Waals surface area contributed by atoms with Crippen LogP contribution in [0.2, 0.25) is 0 Å². The molecule has 0 spiro atoms. The summed E-state index contributed by atoms with van der Waals surface area (Å²) in [5.41, 5.74) is 0. The number of nitrogens with zero attached hydrogens (tertiary/aromatic N) is 5. The fourth-order valence-electron chi connectivity index (χ4n) is 5.62. The third-order valence-electron chi connectivity index (χ3n) is 8.66. The SMILES string of the molecule is CCCC(O)CN(CCN1CCN(CCN(CC(O)CC)CC(O)CCC)CC1)CCN(CC(O)CC)CC(O)CC. The molecule has 0 saturated carbocycles. The molecule has 5 N–H and O–H groups in total. The van der Waals surface area contributed by atoms with Crippen molar-refractivity contribution in [2.45, 2.75) is 110 Å². The zero-order valence-corrected chi connectivity index (χ0v) is 27.9. The third-order valence-corrected chi connectivity index (χ3v) is 8.66. The summed E-state index contributed by atoms with van der Waals surface area (Å²) in [6.45, 7) is 22.4. The van der Waals surface area contributed by atoms with E-state index in [0.717, 1.165) is 97.6 Å². The predicted octanol–water partition coefficient (Wildman–Crippen LogP) is 1.14. The lowest BCUT2D eigenvalue weighted by molar-refractivity contribution is 0.0450. The smallest absolute Gasteiger partial charge is 0.0667 e. The maximum Gasteiger partial charge on any atom is 0.0667 e. The molecule has 0 aromatic heterocycles. The van der Waals surface area contributed by atoms with Gasteiger partial charge >= 0.3 is 0 Å². The second kappa shape index (κ2) is 23.9. The average molecular weight is 604 g/mol. The molecule has 42 heavy (non-hydrogen) atoms. The van der Waals surface area contributed by atoms with E-state index in [1.807, 2.05) is 20.8 Å². The highest BCUT2D eigenvalue weighted by Gasteiger charge is 2.22. The van der Waals surface area contributed by atoms with Gasteiger partial charge in [0, 0.05) is 98.2 Å². The Kier molecular flexibility index (Phi) is 22.6. The largest absolute Gasteiger partial charge is 0.392 e. The van der Waals surface area contributed by atoms with Crippen molar-refractivity contribution in [3.63, 3.8) is 0 Å². The Balaban J connectivity index is 2.60. The second-order valence-electron chi connectivity index (χ2n) is 12.6. The molecule has 5 unspecified atom stereocenters. The van der Waals surface area contributed by atoms with E-state index in [0.29, 0.717) is 45.6 Å². The Bertz CT molecular complexity index is 616. The highest BCUT2D eigenvalue weighted by Crippen LogP contribution is 2.08. The summed E-state index contributed by atoms with van der Waals surface area (Å²) in [5.74, 6) is 0. The average Bonchev–Trinajstić information content (AvgIpc) is 2.97. The van der Waals surface area contributed by atoms with E-state index in [-0.39, 0.29) is 18.3 Å². The van der Waals surface area contributed by atoms with Crippen LogP contribution in [0.15, 0.2) is 0 Å². The molecule has 1 aliphatic heterocycles. The van der Waals surface area contributed by atoms with Crippen LogP contribution in [0, 0.1) is 0 Å². The summed E-state index contributed by atoms with van der Waals surface area (Å²) in [5, 5.41) is 51.7. The molecule has 252 valence electrons. The van der Waals surface area contributed by atoms with E-state index in [2.05, 4.69) is 38.3 Å². The van der Waals surface area contributed by atoms with E-state index in [4.69, 9.17) is 0 Å². The van der Waals surface area contributed by atoms with Crippen molar-refractivity contribution in [2.24, 2.45) is 0 Å². The summed E-state index contributed by atoms with van der Waals surface area (Å²) in [6, 6.07) is 0. The molecule has 0 aromatic carbocycles. The van der Waals surface area contributed by atoms with Crippen molar-refractivity contribution in [3.05, 3.63) is 0 Å². The van der Waals surface area contributed by atoms with Crippen molar-refractivity contribution in [1.82, 2.24) is 24.5 Å². The maximum absolute atomic E-state index is 10.6. The van der Waals surface area contributed by atoms with Gasteiger partial charge in [-0.25, -0.2) is 0 Å². The fourth-order valence-corrected chi connectivity index (χ4v) is 5.62. The van der Waals surface area contributed by atoms with Gasteiger partial charge in [0.25, 0.3) is 0 Å².